The van der Waals surface area contributed by atoms with Gasteiger partial charge in [0.15, 0.2) is 0 Å². The predicted molar refractivity (Wildman–Crippen MR) is 111 cm³/mol. The van der Waals surface area contributed by atoms with Crippen LogP contribution in [0.15, 0.2) is 56.0 Å². The molecule has 3 aromatic rings. The molecule has 0 fully saturated rings. The molecule has 0 spiro atoms. The molecule has 1 N–H and O–H groups in total. The van der Waals surface area contributed by atoms with Crippen molar-refractivity contribution in [2.75, 3.05) is 12.3 Å². The van der Waals surface area contributed by atoms with Crippen molar-refractivity contribution in [1.29, 1.82) is 0 Å². The van der Waals surface area contributed by atoms with Crippen molar-refractivity contribution in [3.63, 3.8) is 0 Å². The first-order valence-corrected chi connectivity index (χ1v) is 10.7. The molecule has 3 aromatic heterocycles. The number of rotatable bonds is 3. The summed E-state index contributed by atoms with van der Waals surface area (Å²) in [7, 11) is 0. The van der Waals surface area contributed by atoms with Crippen molar-refractivity contribution in [3.8, 4) is 15.5 Å². The summed E-state index contributed by atoms with van der Waals surface area (Å²) in [5.41, 5.74) is 0.0437. The summed E-state index contributed by atoms with van der Waals surface area (Å²) >= 11 is 5.14. The quantitative estimate of drug-likeness (QED) is 0.669. The Labute approximate surface area is 162 Å². The number of aryl methyl sites for hydroxylation is 1. The molecule has 0 bridgehead atoms. The van der Waals surface area contributed by atoms with Crippen LogP contribution in [-0.2, 0) is 0 Å². The summed E-state index contributed by atoms with van der Waals surface area (Å²) in [4.78, 5) is 21.4. The van der Waals surface area contributed by atoms with E-state index in [2.05, 4.69) is 28.6 Å². The molecule has 4 nitrogen and oxygen atoms in total. The van der Waals surface area contributed by atoms with Crippen LogP contribution in [0.5, 0.6) is 5.75 Å². The Morgan fingerprint density at radius 1 is 1.19 bits per heavy atom. The summed E-state index contributed by atoms with van der Waals surface area (Å²) < 4.78 is 5.15. The van der Waals surface area contributed by atoms with Gasteiger partial charge in [-0.3, -0.25) is 4.99 Å². The lowest BCUT2D eigenvalue weighted by Crippen LogP contribution is -2.14. The number of aliphatic imine (C=N–C) groups is 1. The summed E-state index contributed by atoms with van der Waals surface area (Å²) in [5, 5.41) is 12.3. The van der Waals surface area contributed by atoms with Gasteiger partial charge in [-0.25, -0.2) is 4.79 Å². The minimum atomic E-state index is -0.561. The molecular formula is C19H15NO3S3. The third kappa shape index (κ3) is 3.42. The van der Waals surface area contributed by atoms with E-state index in [1.165, 1.54) is 15.8 Å². The molecule has 0 radical (unpaired) electrons. The van der Waals surface area contributed by atoms with Crippen LogP contribution >= 0.6 is 34.4 Å². The van der Waals surface area contributed by atoms with E-state index in [0.717, 1.165) is 15.5 Å². The fourth-order valence-corrected chi connectivity index (χ4v) is 5.54. The molecule has 0 unspecified atom stereocenters. The monoisotopic (exact) mass is 401 g/mol. The second-order valence-corrected chi connectivity index (χ2v) is 8.84. The first-order valence-electron chi connectivity index (χ1n) is 7.99. The zero-order valence-corrected chi connectivity index (χ0v) is 16.3. The zero-order chi connectivity index (χ0) is 18.1. The highest BCUT2D eigenvalue weighted by Gasteiger charge is 2.19. The van der Waals surface area contributed by atoms with Gasteiger partial charge in [0.2, 0.25) is 0 Å². The maximum Gasteiger partial charge on any atom is 0.349 e. The topological polar surface area (TPSA) is 62.8 Å². The van der Waals surface area contributed by atoms with Gasteiger partial charge in [0.05, 0.1) is 5.71 Å². The standard InChI is InChI=1S/C19H15NO3S3/c1-11-9-13(21)18(19(22)23-11)12-10-17(25-8-6-20-12)16-5-4-15(26-16)14-3-2-7-24-14/h2-5,7,9-10,21H,6,8H2,1H3. The van der Waals surface area contributed by atoms with Gasteiger partial charge >= 0.3 is 5.63 Å². The SMILES string of the molecule is Cc1cc(O)c(C2=NCCSC(c3ccc(-c4cccs4)s3)=C2)c(=O)o1. The molecule has 0 saturated heterocycles. The number of nitrogens with zero attached hydrogens (tertiary/aromatic N) is 1. The molecule has 132 valence electrons. The Balaban J connectivity index is 1.74. The Hall–Kier alpha value is -2.09. The highest BCUT2D eigenvalue weighted by atomic mass is 32.2. The molecule has 0 atom stereocenters. The number of hydrogen-bond acceptors (Lipinski definition) is 7. The van der Waals surface area contributed by atoms with Gasteiger partial charge in [0, 0.05) is 37.9 Å². The van der Waals surface area contributed by atoms with Crippen LogP contribution in [0.1, 0.15) is 16.2 Å². The third-order valence-electron chi connectivity index (χ3n) is 3.82. The van der Waals surface area contributed by atoms with Crippen LogP contribution in [0, 0.1) is 6.92 Å². The summed E-state index contributed by atoms with van der Waals surface area (Å²) in [6.07, 6.45) is 1.88. The van der Waals surface area contributed by atoms with Gasteiger partial charge in [-0.15, -0.1) is 34.4 Å². The summed E-state index contributed by atoms with van der Waals surface area (Å²) in [5.74, 6) is 1.10. The van der Waals surface area contributed by atoms with Gasteiger partial charge in [-0.2, -0.15) is 0 Å². The van der Waals surface area contributed by atoms with Gasteiger partial charge < -0.3 is 9.52 Å². The number of hydrogen-bond donors (Lipinski definition) is 1. The van der Waals surface area contributed by atoms with Crippen molar-refractivity contribution in [1.82, 2.24) is 0 Å². The van der Waals surface area contributed by atoms with Crippen molar-refractivity contribution < 1.29 is 9.52 Å². The second-order valence-electron chi connectivity index (χ2n) is 5.67. The van der Waals surface area contributed by atoms with Crippen LogP contribution in [0.4, 0.5) is 0 Å². The average Bonchev–Trinajstić information content (AvgIpc) is 3.23. The van der Waals surface area contributed by atoms with Crippen molar-refractivity contribution in [2.24, 2.45) is 4.99 Å². The van der Waals surface area contributed by atoms with E-state index in [4.69, 9.17) is 4.42 Å². The maximum absolute atomic E-state index is 12.2. The van der Waals surface area contributed by atoms with Crippen LogP contribution < -0.4 is 5.63 Å². The molecule has 7 heteroatoms. The first kappa shape index (κ1) is 17.3. The zero-order valence-electron chi connectivity index (χ0n) is 13.9. The van der Waals surface area contributed by atoms with Gasteiger partial charge in [-0.1, -0.05) is 6.07 Å². The maximum atomic E-state index is 12.2. The average molecular weight is 402 g/mol. The number of thiophene rings is 2. The third-order valence-corrected chi connectivity index (χ3v) is 7.17. The molecule has 1 aliphatic heterocycles. The molecule has 4 rings (SSSR count). The second kappa shape index (κ2) is 7.26. The highest BCUT2D eigenvalue weighted by molar-refractivity contribution is 8.08. The first-order chi connectivity index (χ1) is 12.6. The summed E-state index contributed by atoms with van der Waals surface area (Å²) in [6.45, 7) is 2.21. The Morgan fingerprint density at radius 3 is 2.81 bits per heavy atom. The van der Waals surface area contributed by atoms with Crippen molar-refractivity contribution in [2.45, 2.75) is 6.92 Å². The number of thioether (sulfide) groups is 1. The lowest BCUT2D eigenvalue weighted by atomic mass is 10.1. The Morgan fingerprint density at radius 2 is 2.04 bits per heavy atom. The fourth-order valence-electron chi connectivity index (χ4n) is 2.68. The normalized spacial score (nSPS) is 14.7. The van der Waals surface area contributed by atoms with E-state index in [1.807, 2.05) is 12.1 Å². The van der Waals surface area contributed by atoms with E-state index in [0.29, 0.717) is 18.0 Å². The van der Waals surface area contributed by atoms with Crippen molar-refractivity contribution in [3.05, 3.63) is 68.4 Å². The van der Waals surface area contributed by atoms with Gasteiger partial charge in [0.25, 0.3) is 0 Å². The smallest absolute Gasteiger partial charge is 0.349 e. The molecular weight excluding hydrogens is 386 g/mol. The van der Waals surface area contributed by atoms with Gasteiger partial charge in [0.1, 0.15) is 17.1 Å². The van der Waals surface area contributed by atoms with Crippen molar-refractivity contribution >= 4 is 45.1 Å². The van der Waals surface area contributed by atoms with Crippen LogP contribution in [0.2, 0.25) is 0 Å². The molecule has 26 heavy (non-hydrogen) atoms. The summed E-state index contributed by atoms with van der Waals surface area (Å²) in [6, 6.07) is 9.82. The molecule has 0 aliphatic carbocycles. The highest BCUT2D eigenvalue weighted by Crippen LogP contribution is 2.39. The van der Waals surface area contributed by atoms with Crippen LogP contribution in [0.3, 0.4) is 0 Å². The number of allylic oxidation sites excluding steroid dienone is 1. The Kier molecular flexibility index (Phi) is 4.84. The molecule has 0 saturated carbocycles. The molecule has 1 aliphatic rings. The number of aromatic hydroxyl groups is 1. The lowest BCUT2D eigenvalue weighted by Gasteiger charge is -2.05. The minimum Gasteiger partial charge on any atom is -0.507 e. The van der Waals surface area contributed by atoms with Crippen LogP contribution in [0.25, 0.3) is 14.7 Å². The van der Waals surface area contributed by atoms with E-state index in [9.17, 15) is 9.90 Å². The van der Waals surface area contributed by atoms with E-state index in [-0.39, 0.29) is 11.3 Å². The minimum absolute atomic E-state index is 0.0922. The lowest BCUT2D eigenvalue weighted by molar-refractivity contribution is 0.432. The van der Waals surface area contributed by atoms with E-state index < -0.39 is 5.63 Å². The fraction of sp³-hybridized carbons (Fsp3) is 0.158. The van der Waals surface area contributed by atoms with E-state index >= 15 is 0 Å². The largest absolute Gasteiger partial charge is 0.507 e. The molecule has 0 amide bonds. The Bertz CT molecular complexity index is 1060. The van der Waals surface area contributed by atoms with Crippen LogP contribution in [-0.4, -0.2) is 23.1 Å². The van der Waals surface area contributed by atoms with Gasteiger partial charge in [-0.05, 0) is 36.6 Å². The van der Waals surface area contributed by atoms with E-state index in [1.54, 1.807) is 41.4 Å². The molecule has 0 aromatic carbocycles. The predicted octanol–water partition coefficient (Wildman–Crippen LogP) is 5.02. The molecule has 4 heterocycles.